The molecule has 0 aliphatic heterocycles. The number of fused-ring (bicyclic) bond motifs is 1. The molecule has 0 fully saturated rings. The molecule has 0 unspecified atom stereocenters. The number of nitrogens with zero attached hydrogens (tertiary/aromatic N) is 4. The highest BCUT2D eigenvalue weighted by Gasteiger charge is 2.18. The second kappa shape index (κ2) is 9.44. The van der Waals surface area contributed by atoms with Crippen molar-refractivity contribution < 1.29 is 5.11 Å². The van der Waals surface area contributed by atoms with Gasteiger partial charge in [0.15, 0.2) is 5.65 Å². The Kier molecular flexibility index (Phi) is 6.17. The lowest BCUT2D eigenvalue weighted by Crippen LogP contribution is -1.96. The van der Waals surface area contributed by atoms with Crippen LogP contribution in [0.1, 0.15) is 23.9 Å². The lowest BCUT2D eigenvalue weighted by Gasteiger charge is -2.16. The van der Waals surface area contributed by atoms with Crippen LogP contribution in [0.3, 0.4) is 0 Å². The van der Waals surface area contributed by atoms with Gasteiger partial charge in [-0.25, -0.2) is 15.0 Å². The number of rotatable bonds is 6. The molecule has 0 aliphatic rings. The van der Waals surface area contributed by atoms with Crippen LogP contribution in [0.5, 0.6) is 5.88 Å². The highest BCUT2D eigenvalue weighted by atomic mass is 35.5. The Morgan fingerprint density at radius 3 is 2.19 bits per heavy atom. The lowest BCUT2D eigenvalue weighted by atomic mass is 9.91. The number of halogens is 1. The number of pyridine rings is 2. The second-order valence-corrected chi connectivity index (χ2v) is 8.82. The summed E-state index contributed by atoms with van der Waals surface area (Å²) in [4.78, 5) is 13.8. The molecule has 0 saturated carbocycles. The summed E-state index contributed by atoms with van der Waals surface area (Å²) < 4.78 is 1.96. The van der Waals surface area contributed by atoms with E-state index < -0.39 is 0 Å². The predicted molar refractivity (Wildman–Crippen MR) is 149 cm³/mol. The summed E-state index contributed by atoms with van der Waals surface area (Å²) >= 11 is 7.04. The summed E-state index contributed by atoms with van der Waals surface area (Å²) in [6.45, 7) is 9.66. The average Bonchev–Trinajstić information content (AvgIpc) is 3.23. The highest BCUT2D eigenvalue weighted by Crippen LogP contribution is 2.40. The zero-order valence-electron chi connectivity index (χ0n) is 20.2. The molecule has 36 heavy (non-hydrogen) atoms. The van der Waals surface area contributed by atoms with Gasteiger partial charge in [-0.3, -0.25) is 0 Å². The van der Waals surface area contributed by atoms with Crippen molar-refractivity contribution in [1.82, 2.24) is 19.5 Å². The van der Waals surface area contributed by atoms with E-state index in [0.717, 1.165) is 51.3 Å². The first kappa shape index (κ1) is 23.5. The molecule has 0 amide bonds. The van der Waals surface area contributed by atoms with Crippen molar-refractivity contribution in [1.29, 1.82) is 0 Å². The van der Waals surface area contributed by atoms with Crippen molar-refractivity contribution in [3.8, 4) is 39.5 Å². The molecule has 6 heteroatoms. The summed E-state index contributed by atoms with van der Waals surface area (Å²) in [6.07, 6.45) is 4.07. The lowest BCUT2D eigenvalue weighted by molar-refractivity contribution is 0.453. The molecule has 3 aromatic heterocycles. The van der Waals surface area contributed by atoms with Gasteiger partial charge in [-0.15, -0.1) is 0 Å². The van der Waals surface area contributed by atoms with E-state index >= 15 is 0 Å². The highest BCUT2D eigenvalue weighted by molar-refractivity contribution is 6.36. The fraction of sp³-hybridized carbons (Fsp3) is 0.100. The van der Waals surface area contributed by atoms with Gasteiger partial charge in [-0.1, -0.05) is 74.2 Å². The van der Waals surface area contributed by atoms with Gasteiger partial charge >= 0.3 is 0 Å². The van der Waals surface area contributed by atoms with Crippen molar-refractivity contribution in [3.63, 3.8) is 0 Å². The summed E-state index contributed by atoms with van der Waals surface area (Å²) in [7, 11) is 1.94. The number of aromatic hydroxyl groups is 1. The number of hydrogen-bond donors (Lipinski definition) is 1. The van der Waals surface area contributed by atoms with Crippen LogP contribution in [0.2, 0.25) is 5.02 Å². The summed E-state index contributed by atoms with van der Waals surface area (Å²) in [5.74, 6) is 0.727. The minimum Gasteiger partial charge on any atom is -0.493 e. The van der Waals surface area contributed by atoms with Crippen LogP contribution in [-0.2, 0) is 13.5 Å². The number of imidazole rings is 1. The molecule has 3 heterocycles. The second-order valence-electron chi connectivity index (χ2n) is 8.44. The standard InChI is InChI=1S/C30H25ClN4O/c1-5-18-14-15-24(33-30(18)36)21-11-8-10-20(19(21)6-2)22-12-9-13-23(28(22)31)25-16-17-26-29(32-25)34-27(7-3)35(26)4/h5,7-17H,1,3,6H2,2,4H3,(H,33,36). The molecule has 2 aromatic carbocycles. The Hall–Kier alpha value is -4.22. The maximum atomic E-state index is 10.3. The Labute approximate surface area is 215 Å². The van der Waals surface area contributed by atoms with E-state index in [1.807, 2.05) is 66.2 Å². The molecular formula is C30H25ClN4O. The molecule has 5 aromatic rings. The van der Waals surface area contributed by atoms with Gasteiger partial charge in [0, 0.05) is 29.3 Å². The first-order chi connectivity index (χ1) is 17.5. The van der Waals surface area contributed by atoms with Crippen LogP contribution in [0.25, 0.3) is 57.0 Å². The number of benzene rings is 2. The number of hydrogen-bond acceptors (Lipinski definition) is 4. The van der Waals surface area contributed by atoms with Crippen LogP contribution in [0.4, 0.5) is 0 Å². The largest absolute Gasteiger partial charge is 0.493 e. The van der Waals surface area contributed by atoms with Crippen molar-refractivity contribution in [2.45, 2.75) is 13.3 Å². The number of aryl methyl sites for hydroxylation is 1. The number of aromatic nitrogens is 4. The third-order valence-electron chi connectivity index (χ3n) is 6.46. The molecular weight excluding hydrogens is 468 g/mol. The molecule has 0 atom stereocenters. The molecule has 178 valence electrons. The topological polar surface area (TPSA) is 63.8 Å². The zero-order valence-corrected chi connectivity index (χ0v) is 20.9. The van der Waals surface area contributed by atoms with Gasteiger partial charge in [0.2, 0.25) is 5.88 Å². The van der Waals surface area contributed by atoms with Crippen LogP contribution in [0.15, 0.2) is 73.8 Å². The van der Waals surface area contributed by atoms with Crippen molar-refractivity contribution in [3.05, 3.63) is 95.8 Å². The van der Waals surface area contributed by atoms with Gasteiger partial charge in [-0.05, 0) is 47.9 Å². The summed E-state index contributed by atoms with van der Waals surface area (Å²) in [5, 5.41) is 10.9. The van der Waals surface area contributed by atoms with E-state index in [1.54, 1.807) is 12.2 Å². The van der Waals surface area contributed by atoms with Gasteiger partial charge in [0.1, 0.15) is 5.82 Å². The minimum absolute atomic E-state index is 0.0365. The maximum absolute atomic E-state index is 10.3. The normalized spacial score (nSPS) is 11.1. The quantitative estimate of drug-likeness (QED) is 0.265. The fourth-order valence-electron chi connectivity index (χ4n) is 4.59. The van der Waals surface area contributed by atoms with E-state index in [9.17, 15) is 5.11 Å². The molecule has 0 saturated heterocycles. The summed E-state index contributed by atoms with van der Waals surface area (Å²) in [6, 6.07) is 19.7. The molecule has 0 radical (unpaired) electrons. The van der Waals surface area contributed by atoms with Gasteiger partial charge < -0.3 is 9.67 Å². The monoisotopic (exact) mass is 492 g/mol. The van der Waals surface area contributed by atoms with Gasteiger partial charge in [0.05, 0.1) is 21.9 Å². The van der Waals surface area contributed by atoms with E-state index in [0.29, 0.717) is 21.9 Å². The van der Waals surface area contributed by atoms with Crippen molar-refractivity contribution in [2.24, 2.45) is 7.05 Å². The smallest absolute Gasteiger partial charge is 0.218 e. The zero-order chi connectivity index (χ0) is 25.4. The Balaban J connectivity index is 1.64. The van der Waals surface area contributed by atoms with Gasteiger partial charge in [-0.2, -0.15) is 0 Å². The molecule has 0 aliphatic carbocycles. The molecule has 0 bridgehead atoms. The molecule has 1 N–H and O–H groups in total. The third-order valence-corrected chi connectivity index (χ3v) is 6.87. The molecule has 0 spiro atoms. The van der Waals surface area contributed by atoms with E-state index in [4.69, 9.17) is 16.6 Å². The van der Waals surface area contributed by atoms with Crippen molar-refractivity contribution in [2.75, 3.05) is 0 Å². The van der Waals surface area contributed by atoms with Gasteiger partial charge in [0.25, 0.3) is 0 Å². The van der Waals surface area contributed by atoms with Crippen molar-refractivity contribution >= 4 is 34.9 Å². The Morgan fingerprint density at radius 1 is 0.833 bits per heavy atom. The average molecular weight is 493 g/mol. The predicted octanol–water partition coefficient (Wildman–Crippen LogP) is 7.57. The van der Waals surface area contributed by atoms with Crippen LogP contribution in [-0.4, -0.2) is 24.6 Å². The third kappa shape index (κ3) is 3.88. The maximum Gasteiger partial charge on any atom is 0.218 e. The Bertz CT molecular complexity index is 1650. The van der Waals surface area contributed by atoms with Crippen LogP contribution < -0.4 is 0 Å². The fourth-order valence-corrected chi connectivity index (χ4v) is 4.92. The molecule has 5 rings (SSSR count). The van der Waals surface area contributed by atoms with E-state index in [-0.39, 0.29) is 5.88 Å². The van der Waals surface area contributed by atoms with Crippen LogP contribution in [0, 0.1) is 0 Å². The first-order valence-corrected chi connectivity index (χ1v) is 12.0. The Morgan fingerprint density at radius 2 is 1.50 bits per heavy atom. The van der Waals surface area contributed by atoms with Crippen LogP contribution >= 0.6 is 11.6 Å². The SMILES string of the molecule is C=Cc1ccc(-c2cccc(-c3cccc(-c4ccc5c(n4)nc(C=C)n5C)c3Cl)c2CC)nc1O. The van der Waals surface area contributed by atoms with E-state index in [1.165, 1.54) is 0 Å². The molecule has 5 nitrogen and oxygen atoms in total. The first-order valence-electron chi connectivity index (χ1n) is 11.7. The minimum atomic E-state index is -0.0365. The summed E-state index contributed by atoms with van der Waals surface area (Å²) in [5.41, 5.74) is 8.44. The van der Waals surface area contributed by atoms with E-state index in [2.05, 4.69) is 36.1 Å².